The number of halogens is 1. The number of likely N-dealkylation sites (N-methyl/N-ethyl adjacent to an activating group) is 1. The van der Waals surface area contributed by atoms with Crippen molar-refractivity contribution in [1.82, 2.24) is 9.88 Å². The van der Waals surface area contributed by atoms with Crippen molar-refractivity contribution in [2.75, 3.05) is 18.9 Å². The zero-order chi connectivity index (χ0) is 23.3. The van der Waals surface area contributed by atoms with Gasteiger partial charge in [0.15, 0.2) is 5.78 Å². The van der Waals surface area contributed by atoms with E-state index >= 15 is 0 Å². The SMILES string of the molecule is CN1C[C@@H](c2ccc([N+](=O)[O-])cc2)[C@H](C(=O)c2ccccn2)[C@]12C(=O)Nc1ccc(Cl)cc12. The molecule has 166 valence electrons. The standard InChI is InChI=1S/C24H19ClN4O4/c1-28-13-17(14-5-8-16(9-6-14)29(32)33)21(22(30)20-4-2-3-11-26-20)24(28)18-12-15(25)7-10-19(18)27-23(24)31/h2-12,17,21H,13H2,1H3,(H,27,31)/t17-,21+,24+/m0/s1. The van der Waals surface area contributed by atoms with E-state index in [1.807, 2.05) is 4.90 Å². The van der Waals surface area contributed by atoms with Gasteiger partial charge in [0.25, 0.3) is 5.69 Å². The molecule has 0 saturated carbocycles. The molecule has 2 aliphatic rings. The van der Waals surface area contributed by atoms with Crippen molar-refractivity contribution in [3.63, 3.8) is 0 Å². The zero-order valence-corrected chi connectivity index (χ0v) is 18.3. The molecule has 5 rings (SSSR count). The number of pyridine rings is 1. The summed E-state index contributed by atoms with van der Waals surface area (Å²) in [6.45, 7) is 0.389. The van der Waals surface area contributed by atoms with Gasteiger partial charge >= 0.3 is 0 Å². The zero-order valence-electron chi connectivity index (χ0n) is 17.6. The second-order valence-electron chi connectivity index (χ2n) is 8.30. The van der Waals surface area contributed by atoms with Crippen molar-refractivity contribution in [1.29, 1.82) is 0 Å². The number of hydrogen-bond donors (Lipinski definition) is 1. The summed E-state index contributed by atoms with van der Waals surface area (Å²) >= 11 is 6.31. The van der Waals surface area contributed by atoms with Crippen LogP contribution in [0.2, 0.25) is 5.02 Å². The number of rotatable bonds is 4. The van der Waals surface area contributed by atoms with Crippen LogP contribution in [0.5, 0.6) is 0 Å². The van der Waals surface area contributed by atoms with Crippen LogP contribution in [0, 0.1) is 16.0 Å². The maximum atomic E-state index is 13.9. The van der Waals surface area contributed by atoms with E-state index in [0.717, 1.165) is 5.56 Å². The van der Waals surface area contributed by atoms with E-state index in [1.165, 1.54) is 12.1 Å². The number of amides is 1. The molecule has 3 heterocycles. The van der Waals surface area contributed by atoms with Gasteiger partial charge in [0, 0.05) is 47.1 Å². The number of nitro benzene ring substituents is 1. The number of aromatic nitrogens is 1. The molecular weight excluding hydrogens is 444 g/mol. The Kier molecular flexibility index (Phi) is 4.99. The number of carbonyl (C=O) groups excluding carboxylic acids is 2. The Morgan fingerprint density at radius 1 is 1.21 bits per heavy atom. The van der Waals surface area contributed by atoms with Gasteiger partial charge in [-0.1, -0.05) is 29.8 Å². The van der Waals surface area contributed by atoms with Gasteiger partial charge in [-0.2, -0.15) is 0 Å². The molecule has 1 fully saturated rings. The molecular formula is C24H19ClN4O4. The van der Waals surface area contributed by atoms with Crippen molar-refractivity contribution < 1.29 is 14.5 Å². The van der Waals surface area contributed by atoms with Gasteiger partial charge in [0.2, 0.25) is 5.91 Å². The summed E-state index contributed by atoms with van der Waals surface area (Å²) in [4.78, 5) is 44.3. The number of nitrogens with one attached hydrogen (secondary N) is 1. The first-order valence-electron chi connectivity index (χ1n) is 10.4. The van der Waals surface area contributed by atoms with Crippen LogP contribution >= 0.6 is 11.6 Å². The smallest absolute Gasteiger partial charge is 0.269 e. The Morgan fingerprint density at radius 2 is 1.97 bits per heavy atom. The number of nitro groups is 1. The lowest BCUT2D eigenvalue weighted by molar-refractivity contribution is -0.384. The van der Waals surface area contributed by atoms with E-state index in [1.54, 1.807) is 61.8 Å². The number of nitrogens with zero attached hydrogens (tertiary/aromatic N) is 3. The third-order valence-corrected chi connectivity index (χ3v) is 6.88. The number of carbonyl (C=O) groups is 2. The van der Waals surface area contributed by atoms with Crippen molar-refractivity contribution in [3.05, 3.63) is 98.8 Å². The highest BCUT2D eigenvalue weighted by Crippen LogP contribution is 2.55. The fourth-order valence-electron chi connectivity index (χ4n) is 5.22. The molecule has 3 aromatic rings. The fourth-order valence-corrected chi connectivity index (χ4v) is 5.39. The quantitative estimate of drug-likeness (QED) is 0.356. The minimum atomic E-state index is -1.29. The summed E-state index contributed by atoms with van der Waals surface area (Å²) in [5, 5.41) is 14.5. The Balaban J connectivity index is 1.71. The van der Waals surface area contributed by atoms with Crippen LogP contribution in [0.3, 0.4) is 0 Å². The predicted molar refractivity (Wildman–Crippen MR) is 122 cm³/mol. The van der Waals surface area contributed by atoms with Crippen molar-refractivity contribution in [2.45, 2.75) is 11.5 Å². The summed E-state index contributed by atoms with van der Waals surface area (Å²) in [6, 6.07) is 16.4. The van der Waals surface area contributed by atoms with Crippen LogP contribution in [0.4, 0.5) is 11.4 Å². The van der Waals surface area contributed by atoms with Crippen molar-refractivity contribution in [2.24, 2.45) is 5.92 Å². The van der Waals surface area contributed by atoms with Gasteiger partial charge in [-0.05, 0) is 42.9 Å². The van der Waals surface area contributed by atoms with Gasteiger partial charge in [-0.3, -0.25) is 29.6 Å². The van der Waals surface area contributed by atoms with E-state index in [-0.39, 0.29) is 23.1 Å². The number of hydrogen-bond acceptors (Lipinski definition) is 6. The summed E-state index contributed by atoms with van der Waals surface area (Å²) < 4.78 is 0. The van der Waals surface area contributed by atoms with Gasteiger partial charge in [0.05, 0.1) is 10.8 Å². The van der Waals surface area contributed by atoms with Crippen molar-refractivity contribution >= 4 is 34.7 Å². The number of benzene rings is 2. The summed E-state index contributed by atoms with van der Waals surface area (Å²) in [6.07, 6.45) is 1.54. The highest BCUT2D eigenvalue weighted by molar-refractivity contribution is 6.31. The average Bonchev–Trinajstić information content (AvgIpc) is 3.29. The molecule has 2 aromatic carbocycles. The number of fused-ring (bicyclic) bond motifs is 2. The van der Waals surface area contributed by atoms with Crippen LogP contribution in [-0.4, -0.2) is 40.1 Å². The Labute approximate surface area is 194 Å². The normalized spacial score (nSPS) is 24.0. The van der Waals surface area contributed by atoms with Crippen LogP contribution < -0.4 is 5.32 Å². The Bertz CT molecular complexity index is 1280. The molecule has 1 aromatic heterocycles. The molecule has 0 bridgehead atoms. The van der Waals surface area contributed by atoms with E-state index < -0.39 is 22.3 Å². The third kappa shape index (κ3) is 3.13. The average molecular weight is 463 g/mol. The molecule has 2 aliphatic heterocycles. The Morgan fingerprint density at radius 3 is 2.64 bits per heavy atom. The van der Waals surface area contributed by atoms with Crippen LogP contribution in [0.15, 0.2) is 66.9 Å². The lowest BCUT2D eigenvalue weighted by Gasteiger charge is -2.35. The maximum absolute atomic E-state index is 13.9. The minimum absolute atomic E-state index is 0.0387. The van der Waals surface area contributed by atoms with Crippen LogP contribution in [0.25, 0.3) is 0 Å². The van der Waals surface area contributed by atoms with Gasteiger partial charge in [0.1, 0.15) is 11.2 Å². The first-order chi connectivity index (χ1) is 15.8. The molecule has 8 nitrogen and oxygen atoms in total. The van der Waals surface area contributed by atoms with Crippen molar-refractivity contribution in [3.8, 4) is 0 Å². The number of anilines is 1. The molecule has 3 atom stereocenters. The molecule has 33 heavy (non-hydrogen) atoms. The fraction of sp³-hybridized carbons (Fsp3) is 0.208. The third-order valence-electron chi connectivity index (χ3n) is 6.64. The monoisotopic (exact) mass is 462 g/mol. The molecule has 0 unspecified atom stereocenters. The predicted octanol–water partition coefficient (Wildman–Crippen LogP) is 4.02. The minimum Gasteiger partial charge on any atom is -0.324 e. The topological polar surface area (TPSA) is 105 Å². The number of non-ortho nitro benzene ring substituents is 1. The van der Waals surface area contributed by atoms with Crippen LogP contribution in [-0.2, 0) is 10.3 Å². The molecule has 9 heteroatoms. The highest BCUT2D eigenvalue weighted by Gasteiger charge is 2.64. The first kappa shape index (κ1) is 21.2. The molecule has 1 saturated heterocycles. The molecule has 1 amide bonds. The number of ketones is 1. The highest BCUT2D eigenvalue weighted by atomic mass is 35.5. The van der Waals surface area contributed by atoms with Gasteiger partial charge in [-0.15, -0.1) is 0 Å². The van der Waals surface area contributed by atoms with E-state index in [2.05, 4.69) is 10.3 Å². The van der Waals surface area contributed by atoms with Gasteiger partial charge < -0.3 is 5.32 Å². The van der Waals surface area contributed by atoms with Crippen LogP contribution in [0.1, 0.15) is 27.5 Å². The number of likely N-dealkylation sites (tertiary alicyclic amines) is 1. The molecule has 0 radical (unpaired) electrons. The summed E-state index contributed by atoms with van der Waals surface area (Å²) in [7, 11) is 1.81. The number of Topliss-reactive ketones (excluding diaryl/α,β-unsaturated/α-hetero) is 1. The molecule has 1 spiro atoms. The lowest BCUT2D eigenvalue weighted by atomic mass is 9.71. The Hall–Kier alpha value is -3.62. The van der Waals surface area contributed by atoms with E-state index in [4.69, 9.17) is 11.6 Å². The molecule has 1 N–H and O–H groups in total. The summed E-state index contributed by atoms with van der Waals surface area (Å²) in [5.41, 5.74) is 0.916. The van der Waals surface area contributed by atoms with E-state index in [0.29, 0.717) is 22.8 Å². The molecule has 0 aliphatic carbocycles. The largest absolute Gasteiger partial charge is 0.324 e. The van der Waals surface area contributed by atoms with E-state index in [9.17, 15) is 19.7 Å². The summed E-state index contributed by atoms with van der Waals surface area (Å²) in [5.74, 6) is -1.80. The second kappa shape index (κ2) is 7.75. The second-order valence-corrected chi connectivity index (χ2v) is 8.74. The maximum Gasteiger partial charge on any atom is 0.269 e. The first-order valence-corrected chi connectivity index (χ1v) is 10.7. The van der Waals surface area contributed by atoms with Gasteiger partial charge in [-0.25, -0.2) is 0 Å². The lowest BCUT2D eigenvalue weighted by Crippen LogP contribution is -2.51.